The second kappa shape index (κ2) is 3.80. The summed E-state index contributed by atoms with van der Waals surface area (Å²) in [4.78, 5) is 15.1. The molecule has 2 aromatic rings. The molecule has 0 saturated heterocycles. The van der Waals surface area contributed by atoms with Crippen molar-refractivity contribution < 1.29 is 0 Å². The quantitative estimate of drug-likeness (QED) is 0.644. The molecule has 2 heterocycles. The number of fused-ring (bicyclic) bond motifs is 1. The lowest BCUT2D eigenvalue weighted by molar-refractivity contribution is 1.16. The van der Waals surface area contributed by atoms with Crippen molar-refractivity contribution in [3.05, 3.63) is 18.2 Å². The summed E-state index contributed by atoms with van der Waals surface area (Å²) in [6, 6.07) is 0. The number of nitrogens with zero attached hydrogens (tertiary/aromatic N) is 3. The maximum atomic E-state index is 4.08. The predicted octanol–water partition coefficient (Wildman–Crippen LogP) is 1.69. The van der Waals surface area contributed by atoms with Gasteiger partial charge in [-0.3, -0.25) is 0 Å². The summed E-state index contributed by atoms with van der Waals surface area (Å²) in [5.41, 5.74) is 1.43. The Morgan fingerprint density at radius 2 is 1.83 bits per heavy atom. The first-order chi connectivity index (χ1) is 5.86. The zero-order chi connectivity index (χ0) is 8.97. The molecule has 0 bridgehead atoms. The highest BCUT2D eigenvalue weighted by Gasteiger charge is 1.97. The SMILES string of the molecule is CC.Cc1nc2nccnc2[nH]1. The van der Waals surface area contributed by atoms with E-state index >= 15 is 0 Å². The van der Waals surface area contributed by atoms with Gasteiger partial charge in [0.15, 0.2) is 11.3 Å². The van der Waals surface area contributed by atoms with Crippen molar-refractivity contribution >= 4 is 11.3 Å². The molecule has 0 amide bonds. The van der Waals surface area contributed by atoms with Crippen LogP contribution in [0, 0.1) is 6.92 Å². The van der Waals surface area contributed by atoms with Crippen LogP contribution in [0.25, 0.3) is 11.3 Å². The van der Waals surface area contributed by atoms with E-state index in [0.29, 0.717) is 5.65 Å². The van der Waals surface area contributed by atoms with E-state index in [1.54, 1.807) is 12.4 Å². The summed E-state index contributed by atoms with van der Waals surface area (Å²) in [5.74, 6) is 0.848. The molecule has 0 fully saturated rings. The molecule has 0 atom stereocenters. The molecule has 2 rings (SSSR count). The van der Waals surface area contributed by atoms with Crippen molar-refractivity contribution in [2.75, 3.05) is 0 Å². The number of H-pyrrole nitrogens is 1. The van der Waals surface area contributed by atoms with Crippen molar-refractivity contribution in [2.45, 2.75) is 20.8 Å². The first-order valence-corrected chi connectivity index (χ1v) is 3.99. The van der Waals surface area contributed by atoms with Crippen molar-refractivity contribution in [2.24, 2.45) is 0 Å². The molecule has 2 aromatic heterocycles. The average molecular weight is 164 g/mol. The third-order valence-electron chi connectivity index (χ3n) is 1.25. The van der Waals surface area contributed by atoms with Gasteiger partial charge in [-0.25, -0.2) is 15.0 Å². The second-order valence-electron chi connectivity index (χ2n) is 2.05. The average Bonchev–Trinajstić information content (AvgIpc) is 2.48. The number of aromatic amines is 1. The van der Waals surface area contributed by atoms with E-state index < -0.39 is 0 Å². The standard InChI is InChI=1S/C6H6N4.C2H6/c1-4-9-5-6(10-4)8-3-2-7-5;1-2/h2-3H,1H3,(H,7,8,9,10);1-2H3. The molecule has 1 N–H and O–H groups in total. The van der Waals surface area contributed by atoms with Gasteiger partial charge in [0.25, 0.3) is 0 Å². The van der Waals surface area contributed by atoms with E-state index in [9.17, 15) is 0 Å². The van der Waals surface area contributed by atoms with Crippen LogP contribution in [0.2, 0.25) is 0 Å². The van der Waals surface area contributed by atoms with Gasteiger partial charge < -0.3 is 4.98 Å². The fourth-order valence-corrected chi connectivity index (χ4v) is 0.859. The Labute approximate surface area is 71.1 Å². The van der Waals surface area contributed by atoms with Crippen LogP contribution >= 0.6 is 0 Å². The lowest BCUT2D eigenvalue weighted by Gasteiger charge is -1.80. The van der Waals surface area contributed by atoms with Gasteiger partial charge in [0.2, 0.25) is 0 Å². The minimum Gasteiger partial charge on any atom is -0.325 e. The van der Waals surface area contributed by atoms with E-state index in [4.69, 9.17) is 0 Å². The summed E-state index contributed by atoms with van der Waals surface area (Å²) in [6.45, 7) is 5.88. The van der Waals surface area contributed by atoms with Gasteiger partial charge >= 0.3 is 0 Å². The number of aryl methyl sites for hydroxylation is 1. The Morgan fingerprint density at radius 1 is 1.17 bits per heavy atom. The van der Waals surface area contributed by atoms with E-state index in [1.165, 1.54) is 0 Å². The Kier molecular flexibility index (Phi) is 2.74. The number of nitrogens with one attached hydrogen (secondary N) is 1. The summed E-state index contributed by atoms with van der Waals surface area (Å²) >= 11 is 0. The van der Waals surface area contributed by atoms with Crippen molar-refractivity contribution in [3.63, 3.8) is 0 Å². The summed E-state index contributed by atoms with van der Waals surface area (Å²) in [7, 11) is 0. The zero-order valence-corrected chi connectivity index (χ0v) is 7.50. The molecule has 0 aliphatic heterocycles. The number of imidazole rings is 1. The zero-order valence-electron chi connectivity index (χ0n) is 7.50. The number of aromatic nitrogens is 4. The van der Waals surface area contributed by atoms with Gasteiger partial charge in [-0.05, 0) is 6.92 Å². The molecule has 0 aliphatic carbocycles. The largest absolute Gasteiger partial charge is 0.325 e. The Balaban J connectivity index is 0.000000336. The smallest absolute Gasteiger partial charge is 0.197 e. The van der Waals surface area contributed by atoms with Gasteiger partial charge in [-0.15, -0.1) is 0 Å². The highest BCUT2D eigenvalue weighted by atomic mass is 15.0. The molecule has 0 spiro atoms. The van der Waals surface area contributed by atoms with Gasteiger partial charge in [-0.2, -0.15) is 0 Å². The van der Waals surface area contributed by atoms with Gasteiger partial charge in [0, 0.05) is 12.4 Å². The highest BCUT2D eigenvalue weighted by Crippen LogP contribution is 2.01. The second-order valence-corrected chi connectivity index (χ2v) is 2.05. The maximum Gasteiger partial charge on any atom is 0.197 e. The third kappa shape index (κ3) is 1.58. The van der Waals surface area contributed by atoms with Crippen molar-refractivity contribution in [3.8, 4) is 0 Å². The highest BCUT2D eigenvalue weighted by molar-refractivity contribution is 5.64. The minimum absolute atomic E-state index is 0.681. The third-order valence-corrected chi connectivity index (χ3v) is 1.25. The van der Waals surface area contributed by atoms with Crippen LogP contribution in [-0.2, 0) is 0 Å². The Hall–Kier alpha value is -1.45. The first kappa shape index (κ1) is 8.64. The van der Waals surface area contributed by atoms with Crippen LogP contribution in [0.1, 0.15) is 19.7 Å². The maximum absolute atomic E-state index is 4.08. The lowest BCUT2D eigenvalue weighted by Crippen LogP contribution is -1.77. The minimum atomic E-state index is 0.681. The molecule has 0 unspecified atom stereocenters. The normalized spacial score (nSPS) is 9.25. The molecule has 0 aliphatic rings. The molecule has 4 heteroatoms. The number of hydrogen-bond acceptors (Lipinski definition) is 3. The van der Waals surface area contributed by atoms with Gasteiger partial charge in [0.1, 0.15) is 5.82 Å². The van der Waals surface area contributed by atoms with Crippen LogP contribution in [0.5, 0.6) is 0 Å². The molecule has 64 valence electrons. The van der Waals surface area contributed by atoms with Crippen molar-refractivity contribution in [1.82, 2.24) is 19.9 Å². The number of rotatable bonds is 0. The van der Waals surface area contributed by atoms with Crippen LogP contribution in [0.15, 0.2) is 12.4 Å². The fourth-order valence-electron chi connectivity index (χ4n) is 0.859. The predicted molar refractivity (Wildman–Crippen MR) is 47.8 cm³/mol. The molecule has 12 heavy (non-hydrogen) atoms. The fraction of sp³-hybridized carbons (Fsp3) is 0.375. The van der Waals surface area contributed by atoms with Crippen LogP contribution in [-0.4, -0.2) is 19.9 Å². The molecular formula is C8H12N4. The Bertz CT molecular complexity index is 320. The molecule has 0 aromatic carbocycles. The summed E-state index contributed by atoms with van der Waals surface area (Å²) in [6.07, 6.45) is 3.27. The Morgan fingerprint density at radius 3 is 2.50 bits per heavy atom. The van der Waals surface area contributed by atoms with Gasteiger partial charge in [-0.1, -0.05) is 13.8 Å². The molecular weight excluding hydrogens is 152 g/mol. The summed E-state index contributed by atoms with van der Waals surface area (Å²) in [5, 5.41) is 0. The van der Waals surface area contributed by atoms with Crippen LogP contribution in [0.4, 0.5) is 0 Å². The number of hydrogen-bond donors (Lipinski definition) is 1. The topological polar surface area (TPSA) is 54.5 Å². The van der Waals surface area contributed by atoms with Crippen molar-refractivity contribution in [1.29, 1.82) is 0 Å². The van der Waals surface area contributed by atoms with E-state index in [2.05, 4.69) is 19.9 Å². The molecule has 0 radical (unpaired) electrons. The molecule has 4 nitrogen and oxygen atoms in total. The van der Waals surface area contributed by atoms with Crippen LogP contribution < -0.4 is 0 Å². The van der Waals surface area contributed by atoms with E-state index in [0.717, 1.165) is 11.5 Å². The monoisotopic (exact) mass is 164 g/mol. The lowest BCUT2D eigenvalue weighted by atomic mass is 10.7. The van der Waals surface area contributed by atoms with E-state index in [-0.39, 0.29) is 0 Å². The summed E-state index contributed by atoms with van der Waals surface area (Å²) < 4.78 is 0. The first-order valence-electron chi connectivity index (χ1n) is 3.99. The van der Waals surface area contributed by atoms with Gasteiger partial charge in [0.05, 0.1) is 0 Å². The molecule has 0 saturated carbocycles. The van der Waals surface area contributed by atoms with E-state index in [1.807, 2.05) is 20.8 Å². The van der Waals surface area contributed by atoms with Crippen LogP contribution in [0.3, 0.4) is 0 Å².